The van der Waals surface area contributed by atoms with Crippen LogP contribution in [0.2, 0.25) is 0 Å². The second kappa shape index (κ2) is 13.5. The zero-order valence-electron chi connectivity index (χ0n) is 24.8. The maximum Gasteiger partial charge on any atom is 0.410 e. The van der Waals surface area contributed by atoms with Crippen molar-refractivity contribution < 1.29 is 22.7 Å². The minimum Gasteiger partial charge on any atom is -0.445 e. The van der Waals surface area contributed by atoms with Crippen molar-refractivity contribution >= 4 is 32.9 Å². The Hall–Kier alpha value is -4.11. The molecule has 9 heteroatoms. The molecule has 1 aromatic heterocycles. The standard InChI is InChI=1S/C34H39N3O5S/c1-25-17-18-30-26(2)32(37(31(30)21-25)20-10-15-27-11-5-3-6-12-27)33(38)35-43(40,41)24-29-16-9-19-36(22-29)34(39)42-23-28-13-7-4-8-14-28/h3-8,11-14,17-18,21,29H,9-10,15-16,19-20,22-24H2,1-2H3,(H,35,38)/t29-/m0/s1. The lowest BCUT2D eigenvalue weighted by Gasteiger charge is -2.31. The molecule has 2 amide bonds. The average Bonchev–Trinajstić information content (AvgIpc) is 3.27. The second-order valence-electron chi connectivity index (χ2n) is 11.4. The number of sulfonamides is 1. The van der Waals surface area contributed by atoms with E-state index in [9.17, 15) is 18.0 Å². The molecule has 226 valence electrons. The van der Waals surface area contributed by atoms with Crippen molar-refractivity contribution in [1.82, 2.24) is 14.2 Å². The smallest absolute Gasteiger partial charge is 0.410 e. The molecular formula is C34H39N3O5S. The lowest BCUT2D eigenvalue weighted by atomic mass is 10.0. The van der Waals surface area contributed by atoms with Gasteiger partial charge in [0.2, 0.25) is 10.0 Å². The highest BCUT2D eigenvalue weighted by Gasteiger charge is 2.30. The van der Waals surface area contributed by atoms with E-state index in [2.05, 4.69) is 16.9 Å². The fraction of sp³-hybridized carbons (Fsp3) is 0.353. The molecule has 0 unspecified atom stereocenters. The Morgan fingerprint density at radius 1 is 0.953 bits per heavy atom. The van der Waals surface area contributed by atoms with Gasteiger partial charge in [0.25, 0.3) is 5.91 Å². The number of nitrogens with zero attached hydrogens (tertiary/aromatic N) is 2. The van der Waals surface area contributed by atoms with E-state index in [1.807, 2.05) is 85.1 Å². The third-order valence-electron chi connectivity index (χ3n) is 8.06. The number of benzene rings is 3. The van der Waals surface area contributed by atoms with E-state index >= 15 is 0 Å². The monoisotopic (exact) mass is 601 g/mol. The van der Waals surface area contributed by atoms with Gasteiger partial charge in [0.15, 0.2) is 0 Å². The number of ether oxygens (including phenoxy) is 1. The summed E-state index contributed by atoms with van der Waals surface area (Å²) in [4.78, 5) is 27.9. The van der Waals surface area contributed by atoms with E-state index in [1.54, 1.807) is 4.90 Å². The Balaban J connectivity index is 1.26. The molecule has 0 bridgehead atoms. The highest BCUT2D eigenvalue weighted by molar-refractivity contribution is 7.90. The summed E-state index contributed by atoms with van der Waals surface area (Å²) >= 11 is 0. The quantitative estimate of drug-likeness (QED) is 0.241. The van der Waals surface area contributed by atoms with Crippen molar-refractivity contribution in [3.8, 4) is 0 Å². The third-order valence-corrected chi connectivity index (χ3v) is 9.47. The molecule has 0 spiro atoms. The number of aromatic nitrogens is 1. The van der Waals surface area contributed by atoms with Crippen molar-refractivity contribution in [2.75, 3.05) is 18.8 Å². The fourth-order valence-electron chi connectivity index (χ4n) is 5.96. The minimum atomic E-state index is -3.97. The van der Waals surface area contributed by atoms with Crippen molar-refractivity contribution in [3.63, 3.8) is 0 Å². The predicted molar refractivity (Wildman–Crippen MR) is 168 cm³/mol. The van der Waals surface area contributed by atoms with Crippen LogP contribution < -0.4 is 4.72 Å². The van der Waals surface area contributed by atoms with Crippen LogP contribution in [0.25, 0.3) is 10.9 Å². The SMILES string of the molecule is Cc1ccc2c(C)c(C(=O)NS(=O)(=O)C[C@H]3CCCN(C(=O)OCc4ccccc4)C3)n(CCCc3ccccc3)c2c1. The van der Waals surface area contributed by atoms with Crippen molar-refractivity contribution in [3.05, 3.63) is 107 Å². The number of rotatable bonds is 10. The van der Waals surface area contributed by atoms with Gasteiger partial charge in [-0.05, 0) is 73.8 Å². The Morgan fingerprint density at radius 3 is 2.37 bits per heavy atom. The fourth-order valence-corrected chi connectivity index (χ4v) is 7.32. The zero-order valence-corrected chi connectivity index (χ0v) is 25.6. The van der Waals surface area contributed by atoms with Crippen LogP contribution in [0.1, 0.15) is 52.0 Å². The maximum absolute atomic E-state index is 13.6. The van der Waals surface area contributed by atoms with Gasteiger partial charge in [-0.15, -0.1) is 0 Å². The van der Waals surface area contributed by atoms with Gasteiger partial charge < -0.3 is 14.2 Å². The number of hydrogen-bond acceptors (Lipinski definition) is 5. The van der Waals surface area contributed by atoms with Crippen molar-refractivity contribution in [1.29, 1.82) is 0 Å². The van der Waals surface area contributed by atoms with Gasteiger partial charge in [0, 0.05) is 30.5 Å². The Kier molecular flexibility index (Phi) is 9.50. The number of fused-ring (bicyclic) bond motifs is 1. The van der Waals surface area contributed by atoms with Crippen LogP contribution in [-0.2, 0) is 34.3 Å². The van der Waals surface area contributed by atoms with Gasteiger partial charge in [0.1, 0.15) is 12.3 Å². The summed E-state index contributed by atoms with van der Waals surface area (Å²) < 4.78 is 36.3. The summed E-state index contributed by atoms with van der Waals surface area (Å²) in [6.45, 7) is 5.39. The highest BCUT2D eigenvalue weighted by Crippen LogP contribution is 2.28. The van der Waals surface area contributed by atoms with E-state index in [4.69, 9.17) is 4.74 Å². The lowest BCUT2D eigenvalue weighted by molar-refractivity contribution is 0.0811. The minimum absolute atomic E-state index is 0.160. The van der Waals surface area contributed by atoms with E-state index in [-0.39, 0.29) is 24.8 Å². The molecule has 5 rings (SSSR count). The first-order valence-electron chi connectivity index (χ1n) is 14.8. The number of carbonyl (C=O) groups excluding carboxylic acids is 2. The summed E-state index contributed by atoms with van der Waals surface area (Å²) in [5.41, 5.74) is 5.21. The number of aryl methyl sites for hydroxylation is 4. The Bertz CT molecular complexity index is 1680. The van der Waals surface area contributed by atoms with Crippen molar-refractivity contribution in [2.45, 2.75) is 52.7 Å². The average molecular weight is 602 g/mol. The molecule has 8 nitrogen and oxygen atoms in total. The van der Waals surface area contributed by atoms with Crippen LogP contribution in [-0.4, -0.2) is 48.7 Å². The van der Waals surface area contributed by atoms with Crippen LogP contribution >= 0.6 is 0 Å². The summed E-state index contributed by atoms with van der Waals surface area (Å²) in [7, 11) is -3.97. The Morgan fingerprint density at radius 2 is 1.65 bits per heavy atom. The molecule has 4 aromatic rings. The topological polar surface area (TPSA) is 97.7 Å². The molecule has 0 aliphatic carbocycles. The van der Waals surface area contributed by atoms with E-state index < -0.39 is 22.0 Å². The van der Waals surface area contributed by atoms with Gasteiger partial charge >= 0.3 is 6.09 Å². The molecule has 1 fully saturated rings. The van der Waals surface area contributed by atoms with Gasteiger partial charge in [-0.25, -0.2) is 17.9 Å². The normalized spacial score (nSPS) is 15.4. The summed E-state index contributed by atoms with van der Waals surface area (Å²) in [6.07, 6.45) is 2.50. The summed E-state index contributed by atoms with van der Waals surface area (Å²) in [5.74, 6) is -1.17. The first-order valence-corrected chi connectivity index (χ1v) is 16.5. The number of carbonyl (C=O) groups is 2. The Labute approximate surface area is 253 Å². The van der Waals surface area contributed by atoms with Crippen LogP contribution in [0.4, 0.5) is 4.79 Å². The molecule has 0 radical (unpaired) electrons. The number of hydrogen-bond donors (Lipinski definition) is 1. The highest BCUT2D eigenvalue weighted by atomic mass is 32.2. The zero-order chi connectivity index (χ0) is 30.4. The molecule has 43 heavy (non-hydrogen) atoms. The van der Waals surface area contributed by atoms with Crippen LogP contribution in [0.3, 0.4) is 0 Å². The molecule has 0 saturated carbocycles. The second-order valence-corrected chi connectivity index (χ2v) is 13.2. The lowest BCUT2D eigenvalue weighted by Crippen LogP contribution is -2.44. The summed E-state index contributed by atoms with van der Waals surface area (Å²) in [5, 5.41) is 0.935. The first-order chi connectivity index (χ1) is 20.7. The molecule has 3 aromatic carbocycles. The van der Waals surface area contributed by atoms with Crippen LogP contribution in [0.15, 0.2) is 78.9 Å². The van der Waals surface area contributed by atoms with E-state index in [1.165, 1.54) is 5.56 Å². The molecule has 1 aliphatic heterocycles. The predicted octanol–water partition coefficient (Wildman–Crippen LogP) is 6.00. The van der Waals surface area contributed by atoms with Gasteiger partial charge in [-0.1, -0.05) is 72.8 Å². The number of nitrogens with one attached hydrogen (secondary N) is 1. The van der Waals surface area contributed by atoms with Gasteiger partial charge in [-0.3, -0.25) is 4.79 Å². The molecule has 1 saturated heterocycles. The van der Waals surface area contributed by atoms with Gasteiger partial charge in [-0.2, -0.15) is 0 Å². The van der Waals surface area contributed by atoms with Crippen LogP contribution in [0, 0.1) is 19.8 Å². The largest absolute Gasteiger partial charge is 0.445 e. The van der Waals surface area contributed by atoms with Crippen LogP contribution in [0.5, 0.6) is 0 Å². The molecule has 2 heterocycles. The summed E-state index contributed by atoms with van der Waals surface area (Å²) in [6, 6.07) is 25.6. The molecule has 1 atom stereocenters. The number of piperidine rings is 1. The third kappa shape index (κ3) is 7.65. The van der Waals surface area contributed by atoms with E-state index in [0.717, 1.165) is 40.4 Å². The number of amides is 2. The van der Waals surface area contributed by atoms with E-state index in [0.29, 0.717) is 31.6 Å². The number of likely N-dealkylation sites (tertiary alicyclic amines) is 1. The van der Waals surface area contributed by atoms with Crippen molar-refractivity contribution in [2.24, 2.45) is 5.92 Å². The molecule has 1 N–H and O–H groups in total. The molecular weight excluding hydrogens is 562 g/mol. The molecule has 1 aliphatic rings. The first kappa shape index (κ1) is 30.4. The van der Waals surface area contributed by atoms with Gasteiger partial charge in [0.05, 0.1) is 5.75 Å². The maximum atomic E-state index is 13.6.